The van der Waals surface area contributed by atoms with Gasteiger partial charge in [0, 0.05) is 38.8 Å². The van der Waals surface area contributed by atoms with E-state index in [0.29, 0.717) is 25.9 Å². The van der Waals surface area contributed by atoms with Crippen LogP contribution in [0.3, 0.4) is 0 Å². The first-order chi connectivity index (χ1) is 11.3. The second-order valence-corrected chi connectivity index (χ2v) is 8.15. The summed E-state index contributed by atoms with van der Waals surface area (Å²) in [5, 5.41) is 2.61. The Kier molecular flexibility index (Phi) is 4.35. The number of amides is 2. The molecule has 3 rings (SSSR count). The van der Waals surface area contributed by atoms with Crippen LogP contribution in [0.1, 0.15) is 18.4 Å². The van der Waals surface area contributed by atoms with Gasteiger partial charge in [-0.2, -0.15) is 4.31 Å². The number of carbonyl (C=O) groups is 2. The molecular formula is C16H21N3O4S. The van der Waals surface area contributed by atoms with Crippen LogP contribution in [0.5, 0.6) is 0 Å². The number of hydrogen-bond acceptors (Lipinski definition) is 4. The molecule has 1 aromatic carbocycles. The minimum absolute atomic E-state index is 0.0360. The average Bonchev–Trinajstić information content (AvgIpc) is 2.88. The quantitative estimate of drug-likeness (QED) is 0.851. The summed E-state index contributed by atoms with van der Waals surface area (Å²) in [7, 11) is -0.325. The van der Waals surface area contributed by atoms with Crippen molar-refractivity contribution in [2.24, 2.45) is 5.92 Å². The maximum absolute atomic E-state index is 12.8. The number of carbonyl (C=O) groups excluding carboxylic acids is 2. The smallest absolute Gasteiger partial charge is 0.243 e. The normalized spacial score (nSPS) is 19.4. The van der Waals surface area contributed by atoms with Crippen molar-refractivity contribution in [2.75, 3.05) is 32.1 Å². The zero-order chi connectivity index (χ0) is 17.5. The Balaban J connectivity index is 1.79. The number of likely N-dealkylation sites (N-methyl/N-ethyl adjacent to an activating group) is 1. The molecule has 0 atom stereocenters. The van der Waals surface area contributed by atoms with E-state index in [1.54, 1.807) is 37.2 Å². The number of piperidine rings is 1. The lowest BCUT2D eigenvalue weighted by atomic mass is 9.97. The van der Waals surface area contributed by atoms with Gasteiger partial charge in [0.1, 0.15) is 0 Å². The third-order valence-electron chi connectivity index (χ3n) is 4.84. The zero-order valence-electron chi connectivity index (χ0n) is 13.8. The third kappa shape index (κ3) is 2.80. The maximum atomic E-state index is 12.8. The van der Waals surface area contributed by atoms with E-state index in [1.807, 2.05) is 0 Å². The first-order valence-corrected chi connectivity index (χ1v) is 9.40. The van der Waals surface area contributed by atoms with E-state index in [9.17, 15) is 18.0 Å². The van der Waals surface area contributed by atoms with E-state index in [-0.39, 0.29) is 29.0 Å². The standard InChI is InChI=1S/C16H21N3O4S/c1-17-16(21)11-5-7-19(8-6-11)24(22,23)13-3-4-14-12(9-13)10-15(20)18(14)2/h3-4,9,11H,5-8,10H2,1-2H3,(H,17,21). The van der Waals surface area contributed by atoms with Crippen LogP contribution in [0.4, 0.5) is 5.69 Å². The van der Waals surface area contributed by atoms with Gasteiger partial charge in [0.25, 0.3) is 0 Å². The first kappa shape index (κ1) is 16.9. The van der Waals surface area contributed by atoms with Crippen LogP contribution >= 0.6 is 0 Å². The van der Waals surface area contributed by atoms with Gasteiger partial charge >= 0.3 is 0 Å². The summed E-state index contributed by atoms with van der Waals surface area (Å²) >= 11 is 0. The Morgan fingerprint density at radius 2 is 1.92 bits per heavy atom. The minimum Gasteiger partial charge on any atom is -0.359 e. The topological polar surface area (TPSA) is 86.8 Å². The number of benzene rings is 1. The third-order valence-corrected chi connectivity index (χ3v) is 6.73. The molecule has 2 amide bonds. The predicted octanol–water partition coefficient (Wildman–Crippen LogP) is 0.352. The van der Waals surface area contributed by atoms with Crippen LogP contribution in [0, 0.1) is 5.92 Å². The molecule has 0 aliphatic carbocycles. The molecule has 2 aliphatic heterocycles. The number of nitrogens with zero attached hydrogens (tertiary/aromatic N) is 2. The lowest BCUT2D eigenvalue weighted by Gasteiger charge is -2.30. The van der Waals surface area contributed by atoms with Gasteiger partial charge in [0.05, 0.1) is 11.3 Å². The van der Waals surface area contributed by atoms with E-state index >= 15 is 0 Å². The van der Waals surface area contributed by atoms with Crippen LogP contribution in [0.2, 0.25) is 0 Å². The van der Waals surface area contributed by atoms with Gasteiger partial charge in [-0.25, -0.2) is 8.42 Å². The lowest BCUT2D eigenvalue weighted by molar-refractivity contribution is -0.125. The van der Waals surface area contributed by atoms with E-state index < -0.39 is 10.0 Å². The Morgan fingerprint density at radius 1 is 1.25 bits per heavy atom. The van der Waals surface area contributed by atoms with Gasteiger partial charge in [0.2, 0.25) is 21.8 Å². The molecule has 1 aromatic rings. The van der Waals surface area contributed by atoms with Crippen molar-refractivity contribution in [2.45, 2.75) is 24.2 Å². The Labute approximate surface area is 141 Å². The molecular weight excluding hydrogens is 330 g/mol. The van der Waals surface area contributed by atoms with Crippen molar-refractivity contribution in [3.8, 4) is 0 Å². The SMILES string of the molecule is CNC(=O)C1CCN(S(=O)(=O)c2ccc3c(c2)CC(=O)N3C)CC1. The lowest BCUT2D eigenvalue weighted by Crippen LogP contribution is -2.42. The first-order valence-electron chi connectivity index (χ1n) is 7.96. The van der Waals surface area contributed by atoms with Crippen LogP contribution in [0.25, 0.3) is 0 Å². The molecule has 0 aromatic heterocycles. The van der Waals surface area contributed by atoms with Crippen molar-refractivity contribution in [1.82, 2.24) is 9.62 Å². The van der Waals surface area contributed by atoms with Gasteiger partial charge in [0.15, 0.2) is 0 Å². The summed E-state index contributed by atoms with van der Waals surface area (Å²) in [5.74, 6) is -0.204. The van der Waals surface area contributed by atoms with Crippen LogP contribution in [-0.2, 0) is 26.0 Å². The average molecular weight is 351 g/mol. The number of anilines is 1. The van der Waals surface area contributed by atoms with Crippen molar-refractivity contribution >= 4 is 27.5 Å². The summed E-state index contributed by atoms with van der Waals surface area (Å²) in [5.41, 5.74) is 1.50. The maximum Gasteiger partial charge on any atom is 0.243 e. The molecule has 2 aliphatic rings. The molecule has 1 fully saturated rings. The van der Waals surface area contributed by atoms with Crippen molar-refractivity contribution < 1.29 is 18.0 Å². The molecule has 0 unspecified atom stereocenters. The van der Waals surface area contributed by atoms with E-state index in [1.165, 1.54) is 4.31 Å². The van der Waals surface area contributed by atoms with Crippen LogP contribution in [0.15, 0.2) is 23.1 Å². The Bertz CT molecular complexity index is 783. The fourth-order valence-corrected chi connectivity index (χ4v) is 4.84. The number of rotatable bonds is 3. The number of sulfonamides is 1. The van der Waals surface area contributed by atoms with E-state index in [0.717, 1.165) is 11.3 Å². The molecule has 1 saturated heterocycles. The van der Waals surface area contributed by atoms with Gasteiger partial charge < -0.3 is 10.2 Å². The zero-order valence-corrected chi connectivity index (χ0v) is 14.6. The highest BCUT2D eigenvalue weighted by Gasteiger charge is 2.33. The Morgan fingerprint density at radius 3 is 2.54 bits per heavy atom. The highest BCUT2D eigenvalue weighted by atomic mass is 32.2. The highest BCUT2D eigenvalue weighted by Crippen LogP contribution is 2.31. The molecule has 0 radical (unpaired) electrons. The molecule has 130 valence electrons. The highest BCUT2D eigenvalue weighted by molar-refractivity contribution is 7.89. The predicted molar refractivity (Wildman–Crippen MR) is 89.1 cm³/mol. The van der Waals surface area contributed by atoms with E-state index in [4.69, 9.17) is 0 Å². The summed E-state index contributed by atoms with van der Waals surface area (Å²) in [4.78, 5) is 25.2. The fraction of sp³-hybridized carbons (Fsp3) is 0.500. The van der Waals surface area contributed by atoms with Gasteiger partial charge in [-0.3, -0.25) is 9.59 Å². The van der Waals surface area contributed by atoms with Gasteiger partial charge in [-0.1, -0.05) is 0 Å². The molecule has 0 saturated carbocycles. The second-order valence-electron chi connectivity index (χ2n) is 6.21. The molecule has 24 heavy (non-hydrogen) atoms. The largest absolute Gasteiger partial charge is 0.359 e. The molecule has 7 nitrogen and oxygen atoms in total. The number of hydrogen-bond donors (Lipinski definition) is 1. The van der Waals surface area contributed by atoms with Crippen LogP contribution in [-0.4, -0.2) is 51.7 Å². The second kappa shape index (κ2) is 6.18. The summed E-state index contributed by atoms with van der Waals surface area (Å²) in [6.07, 6.45) is 1.27. The summed E-state index contributed by atoms with van der Waals surface area (Å²) in [6.45, 7) is 0.659. The summed E-state index contributed by atoms with van der Waals surface area (Å²) in [6, 6.07) is 4.83. The molecule has 0 spiro atoms. The van der Waals surface area contributed by atoms with E-state index in [2.05, 4.69) is 5.32 Å². The monoisotopic (exact) mass is 351 g/mol. The Hall–Kier alpha value is -1.93. The number of nitrogens with one attached hydrogen (secondary N) is 1. The van der Waals surface area contributed by atoms with Crippen molar-refractivity contribution in [1.29, 1.82) is 0 Å². The molecule has 0 bridgehead atoms. The fourth-order valence-electron chi connectivity index (χ4n) is 3.32. The van der Waals surface area contributed by atoms with Gasteiger partial charge in [-0.15, -0.1) is 0 Å². The van der Waals surface area contributed by atoms with Gasteiger partial charge in [-0.05, 0) is 36.6 Å². The van der Waals surface area contributed by atoms with Crippen molar-refractivity contribution in [3.63, 3.8) is 0 Å². The minimum atomic E-state index is -3.60. The molecule has 1 N–H and O–H groups in total. The molecule has 2 heterocycles. The summed E-state index contributed by atoms with van der Waals surface area (Å²) < 4.78 is 27.1. The number of fused-ring (bicyclic) bond motifs is 1. The van der Waals surface area contributed by atoms with Crippen molar-refractivity contribution in [3.05, 3.63) is 23.8 Å². The van der Waals surface area contributed by atoms with Crippen LogP contribution < -0.4 is 10.2 Å². The molecule has 8 heteroatoms.